The Labute approximate surface area is 145 Å². The number of rotatable bonds is 5. The van der Waals surface area contributed by atoms with E-state index in [9.17, 15) is 4.79 Å². The molecule has 2 heterocycles. The average Bonchev–Trinajstić information content (AvgIpc) is 2.91. The van der Waals surface area contributed by atoms with Crippen LogP contribution in [0.15, 0.2) is 18.2 Å². The lowest BCUT2D eigenvalue weighted by Gasteiger charge is -2.34. The van der Waals surface area contributed by atoms with Gasteiger partial charge >= 0.3 is 0 Å². The number of fused-ring (bicyclic) bond motifs is 1. The van der Waals surface area contributed by atoms with Crippen LogP contribution in [0.1, 0.15) is 29.7 Å². The van der Waals surface area contributed by atoms with Gasteiger partial charge in [-0.15, -0.1) is 11.3 Å². The molecule has 1 aromatic carbocycles. The minimum Gasteiger partial charge on any atom is -0.478 e. The number of benzene rings is 1. The van der Waals surface area contributed by atoms with Crippen LogP contribution in [0.5, 0.6) is 5.75 Å². The standard InChI is InChI=1S/C18H22N2O3S/c1-4-15-18(22)20(8-5-9-21)14-10-13(6-7-16(14)23-15)17-11(2)24-12(3)19-17/h6-7,10,15,21H,4-5,8-9H2,1-3H3. The molecule has 2 aromatic rings. The predicted octanol–water partition coefficient (Wildman–Crippen LogP) is 3.31. The summed E-state index contributed by atoms with van der Waals surface area (Å²) in [5.41, 5.74) is 2.70. The second-order valence-electron chi connectivity index (χ2n) is 5.90. The lowest BCUT2D eigenvalue weighted by molar-refractivity contribution is -0.126. The van der Waals surface area contributed by atoms with Gasteiger partial charge in [-0.05, 0) is 44.9 Å². The van der Waals surface area contributed by atoms with Crippen molar-refractivity contribution in [3.63, 3.8) is 0 Å². The van der Waals surface area contributed by atoms with Crippen molar-refractivity contribution < 1.29 is 14.6 Å². The molecule has 1 unspecified atom stereocenters. The van der Waals surface area contributed by atoms with E-state index in [0.29, 0.717) is 25.1 Å². The third-order valence-corrected chi connectivity index (χ3v) is 5.03. The fourth-order valence-corrected chi connectivity index (χ4v) is 3.83. The number of nitrogens with zero attached hydrogens (tertiary/aromatic N) is 2. The first-order chi connectivity index (χ1) is 11.5. The number of ether oxygens (including phenoxy) is 1. The van der Waals surface area contributed by atoms with Crippen LogP contribution in [-0.2, 0) is 4.79 Å². The predicted molar refractivity (Wildman–Crippen MR) is 95.8 cm³/mol. The van der Waals surface area contributed by atoms with Gasteiger partial charge in [0, 0.05) is 23.6 Å². The molecule has 5 nitrogen and oxygen atoms in total. The lowest BCUT2D eigenvalue weighted by atomic mass is 10.1. The van der Waals surface area contributed by atoms with Crippen LogP contribution in [0.2, 0.25) is 0 Å². The topological polar surface area (TPSA) is 62.7 Å². The largest absolute Gasteiger partial charge is 0.478 e. The molecule has 1 amide bonds. The van der Waals surface area contributed by atoms with E-state index in [2.05, 4.69) is 11.9 Å². The Balaban J connectivity index is 2.04. The summed E-state index contributed by atoms with van der Waals surface area (Å²) >= 11 is 1.66. The fourth-order valence-electron chi connectivity index (χ4n) is 2.99. The molecular formula is C18H22N2O3S. The maximum absolute atomic E-state index is 12.6. The Morgan fingerprint density at radius 2 is 2.17 bits per heavy atom. The van der Waals surface area contributed by atoms with E-state index in [4.69, 9.17) is 9.84 Å². The fraction of sp³-hybridized carbons (Fsp3) is 0.444. The zero-order valence-electron chi connectivity index (χ0n) is 14.2. The van der Waals surface area contributed by atoms with Gasteiger partial charge in [0.15, 0.2) is 6.10 Å². The molecule has 0 saturated carbocycles. The maximum atomic E-state index is 12.6. The van der Waals surface area contributed by atoms with Gasteiger partial charge in [-0.25, -0.2) is 4.98 Å². The van der Waals surface area contributed by atoms with Crippen LogP contribution in [0.3, 0.4) is 0 Å². The number of hydrogen-bond donors (Lipinski definition) is 1. The SMILES string of the molecule is CCC1Oc2ccc(-c3nc(C)sc3C)cc2N(CCCO)C1=O. The van der Waals surface area contributed by atoms with Crippen LogP contribution in [-0.4, -0.2) is 35.3 Å². The Morgan fingerprint density at radius 3 is 2.79 bits per heavy atom. The van der Waals surface area contributed by atoms with Crippen molar-refractivity contribution in [1.29, 1.82) is 0 Å². The van der Waals surface area contributed by atoms with E-state index in [1.54, 1.807) is 16.2 Å². The summed E-state index contributed by atoms with van der Waals surface area (Å²) in [6.07, 6.45) is 0.714. The van der Waals surface area contributed by atoms with Gasteiger partial charge in [0.1, 0.15) is 5.75 Å². The number of amides is 1. The minimum atomic E-state index is -0.453. The molecule has 1 aromatic heterocycles. The van der Waals surface area contributed by atoms with Crippen molar-refractivity contribution in [2.75, 3.05) is 18.1 Å². The Hall–Kier alpha value is -1.92. The molecule has 1 N–H and O–H groups in total. The monoisotopic (exact) mass is 346 g/mol. The van der Waals surface area contributed by atoms with Gasteiger partial charge in [0.05, 0.1) is 16.4 Å². The number of aliphatic hydroxyl groups excluding tert-OH is 1. The van der Waals surface area contributed by atoms with Crippen molar-refractivity contribution in [3.8, 4) is 17.0 Å². The summed E-state index contributed by atoms with van der Waals surface area (Å²) in [5.74, 6) is 0.675. The molecule has 0 radical (unpaired) electrons. The van der Waals surface area contributed by atoms with Crippen LogP contribution in [0.25, 0.3) is 11.3 Å². The molecule has 1 aliphatic heterocycles. The highest BCUT2D eigenvalue weighted by Crippen LogP contribution is 2.39. The summed E-state index contributed by atoms with van der Waals surface area (Å²) in [4.78, 5) is 20.1. The zero-order chi connectivity index (χ0) is 17.3. The Bertz CT molecular complexity index is 757. The third-order valence-electron chi connectivity index (χ3n) is 4.15. The van der Waals surface area contributed by atoms with E-state index >= 15 is 0 Å². The van der Waals surface area contributed by atoms with Gasteiger partial charge in [-0.1, -0.05) is 6.92 Å². The van der Waals surface area contributed by atoms with Gasteiger partial charge in [0.25, 0.3) is 5.91 Å². The lowest BCUT2D eigenvalue weighted by Crippen LogP contribution is -2.46. The summed E-state index contributed by atoms with van der Waals surface area (Å²) in [6.45, 7) is 6.53. The molecule has 1 atom stereocenters. The van der Waals surface area contributed by atoms with E-state index < -0.39 is 6.10 Å². The first-order valence-corrected chi connectivity index (χ1v) is 9.04. The third kappa shape index (κ3) is 3.03. The van der Waals surface area contributed by atoms with E-state index in [-0.39, 0.29) is 12.5 Å². The molecule has 24 heavy (non-hydrogen) atoms. The molecule has 0 bridgehead atoms. The Kier molecular flexibility index (Phi) is 4.87. The smallest absolute Gasteiger partial charge is 0.268 e. The number of anilines is 1. The van der Waals surface area contributed by atoms with Crippen molar-refractivity contribution in [1.82, 2.24) is 4.98 Å². The zero-order valence-corrected chi connectivity index (χ0v) is 15.0. The number of carbonyl (C=O) groups is 1. The van der Waals surface area contributed by atoms with Gasteiger partial charge in [0.2, 0.25) is 0 Å². The number of thiazole rings is 1. The summed E-state index contributed by atoms with van der Waals surface area (Å²) in [5, 5.41) is 10.2. The van der Waals surface area contributed by atoms with E-state index in [1.807, 2.05) is 32.0 Å². The van der Waals surface area contributed by atoms with Crippen molar-refractivity contribution in [2.24, 2.45) is 0 Å². The Morgan fingerprint density at radius 1 is 1.38 bits per heavy atom. The molecule has 0 aliphatic carbocycles. The number of aryl methyl sites for hydroxylation is 2. The first-order valence-electron chi connectivity index (χ1n) is 8.22. The van der Waals surface area contributed by atoms with Crippen molar-refractivity contribution in [2.45, 2.75) is 39.7 Å². The summed E-state index contributed by atoms with van der Waals surface area (Å²) in [7, 11) is 0. The van der Waals surface area contributed by atoms with Crippen molar-refractivity contribution >= 4 is 22.9 Å². The highest BCUT2D eigenvalue weighted by molar-refractivity contribution is 7.11. The highest BCUT2D eigenvalue weighted by Gasteiger charge is 2.33. The minimum absolute atomic E-state index is 0.0400. The van der Waals surface area contributed by atoms with Gasteiger partial charge in [-0.2, -0.15) is 0 Å². The molecule has 1 aliphatic rings. The first kappa shape index (κ1) is 16.9. The normalized spacial score (nSPS) is 16.9. The van der Waals surface area contributed by atoms with Gasteiger partial charge < -0.3 is 14.7 Å². The molecule has 0 spiro atoms. The molecule has 6 heteroatoms. The van der Waals surface area contributed by atoms with Crippen LogP contribution < -0.4 is 9.64 Å². The number of aliphatic hydroxyl groups is 1. The maximum Gasteiger partial charge on any atom is 0.268 e. The van der Waals surface area contributed by atoms with Crippen LogP contribution in [0, 0.1) is 13.8 Å². The second kappa shape index (κ2) is 6.91. The number of carbonyl (C=O) groups excluding carboxylic acids is 1. The second-order valence-corrected chi connectivity index (χ2v) is 7.31. The van der Waals surface area contributed by atoms with Crippen LogP contribution >= 0.6 is 11.3 Å². The molecule has 128 valence electrons. The average molecular weight is 346 g/mol. The molecule has 0 saturated heterocycles. The van der Waals surface area contributed by atoms with Crippen molar-refractivity contribution in [3.05, 3.63) is 28.1 Å². The quantitative estimate of drug-likeness (QED) is 0.902. The molecular weight excluding hydrogens is 324 g/mol. The van der Waals surface area contributed by atoms with Crippen LogP contribution in [0.4, 0.5) is 5.69 Å². The molecule has 3 rings (SSSR count). The van der Waals surface area contributed by atoms with Gasteiger partial charge in [-0.3, -0.25) is 4.79 Å². The number of hydrogen-bond acceptors (Lipinski definition) is 5. The molecule has 0 fully saturated rings. The van der Waals surface area contributed by atoms with E-state index in [0.717, 1.165) is 26.8 Å². The van der Waals surface area contributed by atoms with E-state index in [1.165, 1.54) is 0 Å². The summed E-state index contributed by atoms with van der Waals surface area (Å²) in [6, 6.07) is 5.88. The summed E-state index contributed by atoms with van der Waals surface area (Å²) < 4.78 is 5.86. The highest BCUT2D eigenvalue weighted by atomic mass is 32.1. The number of aromatic nitrogens is 1.